The zero-order valence-corrected chi connectivity index (χ0v) is 12.8. The minimum Gasteiger partial charge on any atom is -0.364 e. The molecule has 116 valence electrons. The Bertz CT molecular complexity index is 533. The number of H-pyrrole nitrogens is 1. The van der Waals surface area contributed by atoms with Crippen LogP contribution in [-0.2, 0) is 0 Å². The summed E-state index contributed by atoms with van der Waals surface area (Å²) in [4.78, 5) is 31.2. The fraction of sp³-hybridized carbons (Fsp3) is 0.600. The fourth-order valence-electron chi connectivity index (χ4n) is 2.42. The first-order valence-electron chi connectivity index (χ1n) is 7.44. The summed E-state index contributed by atoms with van der Waals surface area (Å²) in [5, 5.41) is 2.81. The van der Waals surface area contributed by atoms with Gasteiger partial charge in [0.2, 0.25) is 0 Å². The molecule has 0 saturated carbocycles. The molecule has 0 bridgehead atoms. The number of nitrogens with one attached hydrogen (secondary N) is 2. The quantitative estimate of drug-likeness (QED) is 0.753. The van der Waals surface area contributed by atoms with Gasteiger partial charge in [-0.3, -0.25) is 9.59 Å². The molecule has 2 rings (SSSR count). The van der Waals surface area contributed by atoms with Crippen LogP contribution < -0.4 is 10.7 Å². The van der Waals surface area contributed by atoms with Crippen molar-refractivity contribution in [2.24, 2.45) is 0 Å². The second-order valence-corrected chi connectivity index (χ2v) is 5.65. The standard InChI is InChI=1S/C15H24N4O2/c1-12-10-14(20)13(11-17-12)15(21)16-4-3-5-19-8-6-18(2)7-9-19/h10-11H,3-9H2,1-2H3,(H,16,21)(H,17,20). The topological polar surface area (TPSA) is 68.4 Å². The zero-order valence-electron chi connectivity index (χ0n) is 12.8. The number of piperazine rings is 1. The van der Waals surface area contributed by atoms with Gasteiger partial charge >= 0.3 is 0 Å². The Kier molecular flexibility index (Phi) is 5.52. The Morgan fingerprint density at radius 2 is 2.05 bits per heavy atom. The third-order valence-electron chi connectivity index (χ3n) is 3.83. The van der Waals surface area contributed by atoms with Crippen LogP contribution in [0.4, 0.5) is 0 Å². The first kappa shape index (κ1) is 15.7. The monoisotopic (exact) mass is 292 g/mol. The Morgan fingerprint density at radius 3 is 2.71 bits per heavy atom. The molecule has 2 heterocycles. The lowest BCUT2D eigenvalue weighted by atomic mass is 10.2. The molecule has 1 amide bonds. The number of rotatable bonds is 5. The number of carbonyl (C=O) groups is 1. The maximum Gasteiger partial charge on any atom is 0.256 e. The second kappa shape index (κ2) is 7.38. The van der Waals surface area contributed by atoms with Crippen LogP contribution in [0, 0.1) is 6.92 Å². The van der Waals surface area contributed by atoms with Crippen molar-refractivity contribution in [2.75, 3.05) is 46.3 Å². The van der Waals surface area contributed by atoms with E-state index in [-0.39, 0.29) is 16.9 Å². The lowest BCUT2D eigenvalue weighted by Crippen LogP contribution is -2.45. The molecule has 1 aromatic heterocycles. The van der Waals surface area contributed by atoms with Gasteiger partial charge in [-0.05, 0) is 26.9 Å². The molecule has 2 N–H and O–H groups in total. The van der Waals surface area contributed by atoms with Gasteiger partial charge in [0.25, 0.3) is 5.91 Å². The summed E-state index contributed by atoms with van der Waals surface area (Å²) in [6, 6.07) is 1.44. The third kappa shape index (κ3) is 4.68. The highest BCUT2D eigenvalue weighted by Crippen LogP contribution is 1.99. The van der Waals surface area contributed by atoms with E-state index in [1.165, 1.54) is 12.3 Å². The maximum atomic E-state index is 11.9. The number of pyridine rings is 1. The first-order valence-corrected chi connectivity index (χ1v) is 7.44. The SMILES string of the molecule is Cc1cc(=O)c(C(=O)NCCCN2CCN(C)CC2)c[nH]1. The van der Waals surface area contributed by atoms with Gasteiger partial charge in [0.1, 0.15) is 5.56 Å². The Morgan fingerprint density at radius 1 is 1.33 bits per heavy atom. The molecule has 0 aromatic carbocycles. The zero-order chi connectivity index (χ0) is 15.2. The molecule has 6 nitrogen and oxygen atoms in total. The lowest BCUT2D eigenvalue weighted by Gasteiger charge is -2.32. The van der Waals surface area contributed by atoms with E-state index in [1.807, 2.05) is 0 Å². The first-order chi connectivity index (χ1) is 10.1. The molecule has 1 aromatic rings. The van der Waals surface area contributed by atoms with E-state index in [4.69, 9.17) is 0 Å². The Balaban J connectivity index is 1.71. The van der Waals surface area contributed by atoms with Crippen molar-refractivity contribution in [2.45, 2.75) is 13.3 Å². The number of aromatic amines is 1. The fourth-order valence-corrected chi connectivity index (χ4v) is 2.42. The summed E-state index contributed by atoms with van der Waals surface area (Å²) >= 11 is 0. The Labute approximate surface area is 125 Å². The summed E-state index contributed by atoms with van der Waals surface area (Å²) in [5.74, 6) is -0.297. The summed E-state index contributed by atoms with van der Waals surface area (Å²) in [7, 11) is 2.14. The predicted molar refractivity (Wildman–Crippen MR) is 82.7 cm³/mol. The van der Waals surface area contributed by atoms with Gasteiger partial charge in [-0.15, -0.1) is 0 Å². The number of hydrogen-bond donors (Lipinski definition) is 2. The van der Waals surface area contributed by atoms with Gasteiger partial charge in [-0.2, -0.15) is 0 Å². The molecule has 0 unspecified atom stereocenters. The van der Waals surface area contributed by atoms with E-state index in [2.05, 4.69) is 27.1 Å². The van der Waals surface area contributed by atoms with Crippen molar-refractivity contribution in [3.8, 4) is 0 Å². The van der Waals surface area contributed by atoms with E-state index < -0.39 is 0 Å². The average Bonchev–Trinajstić information content (AvgIpc) is 2.45. The van der Waals surface area contributed by atoms with Crippen LogP contribution in [0.3, 0.4) is 0 Å². The number of hydrogen-bond acceptors (Lipinski definition) is 4. The van der Waals surface area contributed by atoms with Crippen molar-refractivity contribution in [3.63, 3.8) is 0 Å². The molecule has 0 atom stereocenters. The number of carbonyl (C=O) groups excluding carboxylic acids is 1. The number of aromatic nitrogens is 1. The van der Waals surface area contributed by atoms with E-state index in [0.29, 0.717) is 6.54 Å². The third-order valence-corrected chi connectivity index (χ3v) is 3.83. The van der Waals surface area contributed by atoms with Crippen molar-refractivity contribution >= 4 is 5.91 Å². The van der Waals surface area contributed by atoms with Crippen LogP contribution in [0.25, 0.3) is 0 Å². The highest BCUT2D eigenvalue weighted by Gasteiger charge is 2.13. The van der Waals surface area contributed by atoms with E-state index in [9.17, 15) is 9.59 Å². The summed E-state index contributed by atoms with van der Waals surface area (Å²) in [6.45, 7) is 7.75. The summed E-state index contributed by atoms with van der Waals surface area (Å²) in [5.41, 5.74) is 0.703. The van der Waals surface area contributed by atoms with E-state index in [1.54, 1.807) is 6.92 Å². The van der Waals surface area contributed by atoms with Crippen LogP contribution in [0.5, 0.6) is 0 Å². The van der Waals surface area contributed by atoms with Gasteiger partial charge in [0.15, 0.2) is 5.43 Å². The van der Waals surface area contributed by atoms with Gasteiger partial charge in [0, 0.05) is 50.7 Å². The second-order valence-electron chi connectivity index (χ2n) is 5.65. The molecule has 1 saturated heterocycles. The molecular formula is C15H24N4O2. The molecule has 0 spiro atoms. The number of nitrogens with zero attached hydrogens (tertiary/aromatic N) is 2. The van der Waals surface area contributed by atoms with Crippen molar-refractivity contribution in [3.05, 3.63) is 33.7 Å². The van der Waals surface area contributed by atoms with Crippen LogP contribution in [0.1, 0.15) is 22.5 Å². The smallest absolute Gasteiger partial charge is 0.256 e. The van der Waals surface area contributed by atoms with Crippen molar-refractivity contribution in [1.29, 1.82) is 0 Å². The van der Waals surface area contributed by atoms with E-state index in [0.717, 1.165) is 44.8 Å². The average molecular weight is 292 g/mol. The summed E-state index contributed by atoms with van der Waals surface area (Å²) < 4.78 is 0. The van der Waals surface area contributed by atoms with Gasteiger partial charge in [-0.1, -0.05) is 0 Å². The minimum atomic E-state index is -0.297. The van der Waals surface area contributed by atoms with Crippen LogP contribution in [0.15, 0.2) is 17.1 Å². The maximum absolute atomic E-state index is 11.9. The molecular weight excluding hydrogens is 268 g/mol. The molecule has 0 aliphatic carbocycles. The number of aryl methyl sites for hydroxylation is 1. The van der Waals surface area contributed by atoms with Crippen molar-refractivity contribution in [1.82, 2.24) is 20.1 Å². The molecule has 1 aliphatic heterocycles. The lowest BCUT2D eigenvalue weighted by molar-refractivity contribution is 0.0948. The van der Waals surface area contributed by atoms with Gasteiger partial charge in [-0.25, -0.2) is 0 Å². The molecule has 1 aliphatic rings. The Hall–Kier alpha value is -1.66. The highest BCUT2D eigenvalue weighted by molar-refractivity contribution is 5.93. The number of amides is 1. The van der Waals surface area contributed by atoms with E-state index >= 15 is 0 Å². The van der Waals surface area contributed by atoms with Gasteiger partial charge in [0.05, 0.1) is 0 Å². The van der Waals surface area contributed by atoms with Crippen LogP contribution >= 0.6 is 0 Å². The number of likely N-dealkylation sites (N-methyl/N-ethyl adjacent to an activating group) is 1. The van der Waals surface area contributed by atoms with Crippen molar-refractivity contribution < 1.29 is 4.79 Å². The minimum absolute atomic E-state index is 0.181. The van der Waals surface area contributed by atoms with Crippen LogP contribution in [0.2, 0.25) is 0 Å². The molecule has 0 radical (unpaired) electrons. The predicted octanol–water partition coefficient (Wildman–Crippen LogP) is 0.0506. The van der Waals surface area contributed by atoms with Gasteiger partial charge < -0.3 is 20.1 Å². The van der Waals surface area contributed by atoms with Crippen LogP contribution in [-0.4, -0.2) is 67.0 Å². The summed E-state index contributed by atoms with van der Waals surface area (Å²) in [6.07, 6.45) is 2.38. The normalized spacial score (nSPS) is 16.9. The molecule has 1 fully saturated rings. The highest BCUT2D eigenvalue weighted by atomic mass is 16.2. The molecule has 21 heavy (non-hydrogen) atoms. The molecule has 6 heteroatoms. The largest absolute Gasteiger partial charge is 0.364 e.